The van der Waals surface area contributed by atoms with Crippen molar-refractivity contribution in [2.75, 3.05) is 19.1 Å². The third kappa shape index (κ3) is 3.04. The van der Waals surface area contributed by atoms with Crippen LogP contribution in [-0.4, -0.2) is 45.0 Å². The highest BCUT2D eigenvalue weighted by molar-refractivity contribution is 6.03. The number of aryl methyl sites for hydroxylation is 1. The maximum Gasteiger partial charge on any atom is 0.337 e. The first-order valence-electron chi connectivity index (χ1n) is 10.0. The lowest BCUT2D eigenvalue weighted by atomic mass is 10.1. The third-order valence-corrected chi connectivity index (χ3v) is 5.68. The Morgan fingerprint density at radius 2 is 1.97 bits per heavy atom. The van der Waals surface area contributed by atoms with Crippen molar-refractivity contribution in [2.45, 2.75) is 0 Å². The molecule has 0 aliphatic heterocycles. The van der Waals surface area contributed by atoms with Crippen molar-refractivity contribution in [3.05, 3.63) is 66.4 Å². The molecule has 0 amide bonds. The number of ether oxygens (including phenoxy) is 1. The van der Waals surface area contributed by atoms with Gasteiger partial charge in [0, 0.05) is 31.4 Å². The number of methoxy groups -OCH3 is 1. The number of hydrogen-bond donors (Lipinski definition) is 2. The summed E-state index contributed by atoms with van der Waals surface area (Å²) in [5.74, 6) is -0.207. The molecule has 0 unspecified atom stereocenters. The maximum absolute atomic E-state index is 11.6. The summed E-state index contributed by atoms with van der Waals surface area (Å²) in [6.07, 6.45) is 1.50. The summed E-state index contributed by atoms with van der Waals surface area (Å²) in [5, 5.41) is 15.1. The first-order valence-corrected chi connectivity index (χ1v) is 10.0. The summed E-state index contributed by atoms with van der Waals surface area (Å²) in [4.78, 5) is 21.1. The molecule has 5 rings (SSSR count). The Bertz CT molecular complexity index is 1480. The van der Waals surface area contributed by atoms with E-state index in [9.17, 15) is 9.90 Å². The lowest BCUT2D eigenvalue weighted by Gasteiger charge is -2.22. The van der Waals surface area contributed by atoms with Crippen LogP contribution in [-0.2, 0) is 7.05 Å². The smallest absolute Gasteiger partial charge is 0.337 e. The average molecular weight is 427 g/mol. The van der Waals surface area contributed by atoms with Crippen molar-refractivity contribution in [3.63, 3.8) is 0 Å². The molecule has 3 aromatic heterocycles. The van der Waals surface area contributed by atoms with Gasteiger partial charge in [-0.2, -0.15) is 5.10 Å². The number of nitrogens with one attached hydrogen (secondary N) is 1. The van der Waals surface area contributed by atoms with E-state index in [-0.39, 0.29) is 5.56 Å². The first-order chi connectivity index (χ1) is 15.5. The number of carboxylic acids is 1. The largest absolute Gasteiger partial charge is 0.495 e. The average Bonchev–Trinajstić information content (AvgIpc) is 3.39. The topological polar surface area (TPSA) is 96.3 Å². The molecule has 2 aromatic carbocycles. The van der Waals surface area contributed by atoms with Gasteiger partial charge in [0.05, 0.1) is 40.6 Å². The summed E-state index contributed by atoms with van der Waals surface area (Å²) >= 11 is 0. The second kappa shape index (κ2) is 7.42. The van der Waals surface area contributed by atoms with Crippen molar-refractivity contribution >= 4 is 39.3 Å². The number of aromatic amines is 1. The van der Waals surface area contributed by atoms with Gasteiger partial charge in [-0.3, -0.25) is 9.67 Å². The minimum atomic E-state index is -0.999. The molecule has 8 heteroatoms. The van der Waals surface area contributed by atoms with Crippen molar-refractivity contribution < 1.29 is 14.6 Å². The van der Waals surface area contributed by atoms with E-state index < -0.39 is 5.97 Å². The molecule has 2 N–H and O–H groups in total. The van der Waals surface area contributed by atoms with Crippen LogP contribution in [0.2, 0.25) is 0 Å². The summed E-state index contributed by atoms with van der Waals surface area (Å²) in [5.41, 5.74) is 5.61. The zero-order valence-corrected chi connectivity index (χ0v) is 17.8. The van der Waals surface area contributed by atoms with Gasteiger partial charge in [0.1, 0.15) is 11.4 Å². The maximum atomic E-state index is 11.6. The van der Waals surface area contributed by atoms with Gasteiger partial charge in [-0.1, -0.05) is 12.1 Å². The molecule has 0 bridgehead atoms. The fraction of sp³-hybridized carbons (Fsp3) is 0.125. The van der Waals surface area contributed by atoms with Crippen LogP contribution in [0.4, 0.5) is 11.4 Å². The first kappa shape index (κ1) is 19.6. The highest BCUT2D eigenvalue weighted by Crippen LogP contribution is 2.36. The van der Waals surface area contributed by atoms with E-state index in [0.717, 1.165) is 39.4 Å². The molecule has 5 aromatic rings. The number of fused-ring (bicyclic) bond motifs is 2. The second-order valence-electron chi connectivity index (χ2n) is 7.51. The molecule has 8 nitrogen and oxygen atoms in total. The number of hydrogen-bond acceptors (Lipinski definition) is 5. The van der Waals surface area contributed by atoms with Gasteiger partial charge in [0.2, 0.25) is 0 Å². The molecule has 0 aliphatic carbocycles. The predicted octanol–water partition coefficient (Wildman–Crippen LogP) is 4.59. The van der Waals surface area contributed by atoms with Gasteiger partial charge in [-0.15, -0.1) is 0 Å². The Labute approximate surface area is 183 Å². The van der Waals surface area contributed by atoms with Crippen molar-refractivity contribution in [1.82, 2.24) is 19.7 Å². The summed E-state index contributed by atoms with van der Waals surface area (Å²) in [7, 11) is 5.55. The van der Waals surface area contributed by atoms with Crippen LogP contribution in [0.5, 0.6) is 5.75 Å². The van der Waals surface area contributed by atoms with Gasteiger partial charge >= 0.3 is 5.97 Å². The number of aromatic nitrogens is 4. The number of benzene rings is 2. The van der Waals surface area contributed by atoms with Gasteiger partial charge in [0.15, 0.2) is 0 Å². The van der Waals surface area contributed by atoms with Crippen molar-refractivity contribution in [2.24, 2.45) is 7.05 Å². The molecular formula is C24H21N5O3. The van der Waals surface area contributed by atoms with Crippen LogP contribution < -0.4 is 9.64 Å². The minimum Gasteiger partial charge on any atom is -0.495 e. The highest BCUT2D eigenvalue weighted by atomic mass is 16.5. The van der Waals surface area contributed by atoms with E-state index in [1.54, 1.807) is 7.11 Å². The molecule has 0 fully saturated rings. The van der Waals surface area contributed by atoms with Crippen LogP contribution in [0.3, 0.4) is 0 Å². The molecule has 0 saturated heterocycles. The Morgan fingerprint density at radius 3 is 2.75 bits per heavy atom. The van der Waals surface area contributed by atoms with E-state index in [4.69, 9.17) is 9.84 Å². The normalized spacial score (nSPS) is 11.2. The monoisotopic (exact) mass is 427 g/mol. The number of carboxylic acid groups (broad SMARTS) is 1. The quantitative estimate of drug-likeness (QED) is 0.426. The SMILES string of the molecule is COc1ccccc1N(C)c1ccc2c(-c3cc4nccc(C(=O)O)c4[nH]3)nn(C)c2c1. The number of nitrogens with zero attached hydrogens (tertiary/aromatic N) is 4. The molecule has 0 radical (unpaired) electrons. The number of H-pyrrole nitrogens is 1. The summed E-state index contributed by atoms with van der Waals surface area (Å²) in [6.45, 7) is 0. The summed E-state index contributed by atoms with van der Waals surface area (Å²) < 4.78 is 7.33. The molecule has 0 atom stereocenters. The van der Waals surface area contributed by atoms with E-state index >= 15 is 0 Å². The number of carbonyl (C=O) groups is 1. The third-order valence-electron chi connectivity index (χ3n) is 5.68. The Morgan fingerprint density at radius 1 is 1.16 bits per heavy atom. The van der Waals surface area contributed by atoms with Crippen LogP contribution in [0.15, 0.2) is 60.8 Å². The van der Waals surface area contributed by atoms with Gasteiger partial charge in [-0.25, -0.2) is 4.79 Å². The molecule has 32 heavy (non-hydrogen) atoms. The predicted molar refractivity (Wildman–Crippen MR) is 124 cm³/mol. The van der Waals surface area contributed by atoms with Gasteiger partial charge < -0.3 is 19.7 Å². The number of anilines is 2. The molecule has 160 valence electrons. The Hall–Kier alpha value is -4.33. The van der Waals surface area contributed by atoms with Crippen LogP contribution in [0, 0.1) is 0 Å². The van der Waals surface area contributed by atoms with Crippen LogP contribution >= 0.6 is 0 Å². The van der Waals surface area contributed by atoms with Crippen LogP contribution in [0.25, 0.3) is 33.3 Å². The van der Waals surface area contributed by atoms with E-state index in [2.05, 4.69) is 20.9 Å². The lowest BCUT2D eigenvalue weighted by Crippen LogP contribution is -2.10. The number of rotatable bonds is 5. The van der Waals surface area contributed by atoms with Gasteiger partial charge in [-0.05, 0) is 42.5 Å². The molecule has 0 spiro atoms. The molecule has 0 aliphatic rings. The lowest BCUT2D eigenvalue weighted by molar-refractivity contribution is 0.0698. The van der Waals surface area contributed by atoms with Crippen molar-refractivity contribution in [1.29, 1.82) is 0 Å². The van der Waals surface area contributed by atoms with E-state index in [1.807, 2.05) is 61.2 Å². The molecule has 3 heterocycles. The number of para-hydroxylation sites is 2. The van der Waals surface area contributed by atoms with Gasteiger partial charge in [0.25, 0.3) is 0 Å². The fourth-order valence-corrected chi connectivity index (χ4v) is 4.03. The van der Waals surface area contributed by atoms with Crippen molar-refractivity contribution in [3.8, 4) is 17.1 Å². The second-order valence-corrected chi connectivity index (χ2v) is 7.51. The zero-order valence-electron chi connectivity index (χ0n) is 17.8. The summed E-state index contributed by atoms with van der Waals surface area (Å²) in [6, 6.07) is 17.3. The molecule has 0 saturated carbocycles. The number of aromatic carboxylic acids is 1. The molecular weight excluding hydrogens is 406 g/mol. The highest BCUT2D eigenvalue weighted by Gasteiger charge is 2.18. The Balaban J connectivity index is 1.61. The number of pyridine rings is 1. The fourth-order valence-electron chi connectivity index (χ4n) is 4.03. The van der Waals surface area contributed by atoms with E-state index in [1.165, 1.54) is 12.3 Å². The standard InChI is InChI=1S/C24H21N5O3/c1-28(19-6-4-5-7-21(19)32-3)14-8-9-15-20(12-14)29(2)27-23(15)18-13-17-22(26-18)16(24(30)31)10-11-25-17/h4-13,26H,1-3H3,(H,30,31). The minimum absolute atomic E-state index is 0.183. The van der Waals surface area contributed by atoms with E-state index in [0.29, 0.717) is 11.0 Å². The zero-order chi connectivity index (χ0) is 22.4. The Kier molecular flexibility index (Phi) is 4.55. The van der Waals surface area contributed by atoms with Crippen LogP contribution in [0.1, 0.15) is 10.4 Å².